The molecule has 0 saturated carbocycles. The number of halogens is 2. The number of amides is 1. The molecule has 1 N–H and O–H groups in total. The minimum Gasteiger partial charge on any atom is -0.482 e. The van der Waals surface area contributed by atoms with Crippen LogP contribution < -0.4 is 10.1 Å². The zero-order valence-corrected chi connectivity index (χ0v) is 15.4. The van der Waals surface area contributed by atoms with Gasteiger partial charge in [-0.05, 0) is 36.6 Å². The number of hydrogen-bond donors (Lipinski definition) is 1. The maximum Gasteiger partial charge on any atom is 0.221 e. The molecule has 4 nitrogen and oxygen atoms in total. The van der Waals surface area contributed by atoms with Gasteiger partial charge in [0.15, 0.2) is 18.1 Å². The summed E-state index contributed by atoms with van der Waals surface area (Å²) in [6.07, 6.45) is 1.87. The monoisotopic (exact) mass is 383 g/mol. The molecule has 0 saturated heterocycles. The number of nitrogens with one attached hydrogen (secondary N) is 1. The number of benzene rings is 2. The Labute approximate surface area is 154 Å². The molecule has 2 rings (SSSR count). The zero-order chi connectivity index (χ0) is 17.7. The zero-order valence-electron chi connectivity index (χ0n) is 13.1. The fraction of sp³-hybridized carbons (Fsp3) is 0.176. The average Bonchev–Trinajstić information content (AvgIpc) is 2.54. The Kier molecular flexibility index (Phi) is 6.54. The lowest BCUT2D eigenvalue weighted by Gasteiger charge is -2.11. The van der Waals surface area contributed by atoms with Gasteiger partial charge in [0.2, 0.25) is 5.91 Å². The molecule has 1 amide bonds. The van der Waals surface area contributed by atoms with Crippen molar-refractivity contribution in [3.8, 4) is 5.75 Å². The highest BCUT2D eigenvalue weighted by molar-refractivity contribution is 7.98. The maximum atomic E-state index is 12.3. The molecule has 0 aliphatic rings. The fourth-order valence-corrected chi connectivity index (χ4v) is 3.09. The van der Waals surface area contributed by atoms with Gasteiger partial charge >= 0.3 is 0 Å². The van der Waals surface area contributed by atoms with E-state index in [0.29, 0.717) is 21.3 Å². The van der Waals surface area contributed by atoms with Crippen LogP contribution in [0.1, 0.15) is 17.3 Å². The van der Waals surface area contributed by atoms with Gasteiger partial charge in [-0.15, -0.1) is 11.8 Å². The summed E-state index contributed by atoms with van der Waals surface area (Å²) in [4.78, 5) is 24.3. The van der Waals surface area contributed by atoms with Gasteiger partial charge in [-0.3, -0.25) is 9.59 Å². The van der Waals surface area contributed by atoms with Crippen LogP contribution in [0, 0.1) is 0 Å². The molecule has 126 valence electrons. The Morgan fingerprint density at radius 1 is 1.17 bits per heavy atom. The quantitative estimate of drug-likeness (QED) is 0.567. The Balaban J connectivity index is 2.14. The van der Waals surface area contributed by atoms with Gasteiger partial charge in [0.25, 0.3) is 0 Å². The molecule has 0 heterocycles. The molecule has 0 radical (unpaired) electrons. The van der Waals surface area contributed by atoms with Crippen LogP contribution in [0.5, 0.6) is 5.75 Å². The molecule has 0 spiro atoms. The van der Waals surface area contributed by atoms with Crippen molar-refractivity contribution in [3.05, 3.63) is 52.0 Å². The number of ether oxygens (including phenoxy) is 1. The van der Waals surface area contributed by atoms with Crippen molar-refractivity contribution in [3.63, 3.8) is 0 Å². The van der Waals surface area contributed by atoms with Crippen molar-refractivity contribution >= 4 is 52.3 Å². The van der Waals surface area contributed by atoms with Gasteiger partial charge in [-0.2, -0.15) is 0 Å². The third-order valence-electron chi connectivity index (χ3n) is 3.10. The minimum absolute atomic E-state index is 0.166. The molecule has 0 atom stereocenters. The van der Waals surface area contributed by atoms with E-state index in [-0.39, 0.29) is 24.0 Å². The van der Waals surface area contributed by atoms with Crippen molar-refractivity contribution in [2.45, 2.75) is 11.8 Å². The number of rotatable bonds is 6. The van der Waals surface area contributed by atoms with E-state index in [2.05, 4.69) is 5.32 Å². The van der Waals surface area contributed by atoms with E-state index < -0.39 is 0 Å². The van der Waals surface area contributed by atoms with Crippen LogP contribution in [0.25, 0.3) is 0 Å². The largest absolute Gasteiger partial charge is 0.482 e. The van der Waals surface area contributed by atoms with E-state index in [9.17, 15) is 9.59 Å². The molecule has 0 aliphatic heterocycles. The van der Waals surface area contributed by atoms with Crippen molar-refractivity contribution in [2.75, 3.05) is 18.2 Å². The van der Waals surface area contributed by atoms with Crippen molar-refractivity contribution in [2.24, 2.45) is 0 Å². The molecular weight excluding hydrogens is 369 g/mol. The third kappa shape index (κ3) is 4.66. The summed E-state index contributed by atoms with van der Waals surface area (Å²) in [7, 11) is 0. The topological polar surface area (TPSA) is 55.4 Å². The Hall–Kier alpha value is -1.69. The first-order valence-electron chi connectivity index (χ1n) is 6.98. The molecule has 2 aromatic rings. The van der Waals surface area contributed by atoms with Crippen molar-refractivity contribution in [1.29, 1.82) is 0 Å². The maximum absolute atomic E-state index is 12.3. The van der Waals surface area contributed by atoms with Crippen molar-refractivity contribution < 1.29 is 14.3 Å². The van der Waals surface area contributed by atoms with Crippen LogP contribution >= 0.6 is 35.0 Å². The van der Waals surface area contributed by atoms with Gasteiger partial charge < -0.3 is 10.1 Å². The smallest absolute Gasteiger partial charge is 0.221 e. The highest BCUT2D eigenvalue weighted by atomic mass is 35.5. The van der Waals surface area contributed by atoms with Crippen molar-refractivity contribution in [1.82, 2.24) is 0 Å². The summed E-state index contributed by atoms with van der Waals surface area (Å²) in [6.45, 7) is 1.25. The molecule has 24 heavy (non-hydrogen) atoms. The summed E-state index contributed by atoms with van der Waals surface area (Å²) in [5.41, 5.74) is 1.15. The van der Waals surface area contributed by atoms with E-state index >= 15 is 0 Å². The molecule has 2 aromatic carbocycles. The number of Topliss-reactive ketones (excluding diaryl/α,β-unsaturated/α-hetero) is 1. The normalized spacial score (nSPS) is 10.3. The standard InChI is InChI=1S/C17H15Cl2NO3S/c1-10(21)20-14-7-6-11(8-16(14)24-2)15(22)9-23-17-12(18)4-3-5-13(17)19/h3-8H,9H2,1-2H3,(H,20,21). The number of carbonyl (C=O) groups is 2. The lowest BCUT2D eigenvalue weighted by Crippen LogP contribution is -2.13. The van der Waals surface area contributed by atoms with Crippen LogP contribution in [-0.2, 0) is 4.79 Å². The Morgan fingerprint density at radius 3 is 2.42 bits per heavy atom. The Bertz CT molecular complexity index is 760. The second kappa shape index (κ2) is 8.42. The number of ketones is 1. The number of thioether (sulfide) groups is 1. The second-order valence-electron chi connectivity index (χ2n) is 4.86. The third-order valence-corrected chi connectivity index (χ3v) is 4.47. The molecule has 0 fully saturated rings. The van der Waals surface area contributed by atoms with Crippen LogP contribution in [0.3, 0.4) is 0 Å². The number of hydrogen-bond acceptors (Lipinski definition) is 4. The number of anilines is 1. The fourth-order valence-electron chi connectivity index (χ4n) is 2.00. The van der Waals surface area contributed by atoms with E-state index in [0.717, 1.165) is 4.90 Å². The molecular formula is C17H15Cl2NO3S. The van der Waals surface area contributed by atoms with Crippen LogP contribution in [0.4, 0.5) is 5.69 Å². The van der Waals surface area contributed by atoms with Gasteiger partial charge in [0.1, 0.15) is 0 Å². The molecule has 0 aliphatic carbocycles. The lowest BCUT2D eigenvalue weighted by molar-refractivity contribution is -0.114. The van der Waals surface area contributed by atoms with E-state index in [4.69, 9.17) is 27.9 Å². The predicted octanol–water partition coefficient (Wildman–Crippen LogP) is 4.94. The first-order chi connectivity index (χ1) is 11.4. The summed E-state index contributed by atoms with van der Waals surface area (Å²) < 4.78 is 5.46. The van der Waals surface area contributed by atoms with Crippen LogP contribution in [-0.4, -0.2) is 24.6 Å². The molecule has 0 bridgehead atoms. The summed E-state index contributed by atoms with van der Waals surface area (Å²) >= 11 is 13.5. The van der Waals surface area contributed by atoms with Gasteiger partial charge in [0.05, 0.1) is 15.7 Å². The average molecular weight is 384 g/mol. The molecule has 0 unspecified atom stereocenters. The summed E-state index contributed by atoms with van der Waals surface area (Å²) in [6, 6.07) is 10.0. The second-order valence-corrected chi connectivity index (χ2v) is 6.52. The van der Waals surface area contributed by atoms with Gasteiger partial charge in [-0.1, -0.05) is 29.3 Å². The lowest BCUT2D eigenvalue weighted by atomic mass is 10.1. The molecule has 0 aromatic heterocycles. The van der Waals surface area contributed by atoms with E-state index in [1.165, 1.54) is 18.7 Å². The number of carbonyl (C=O) groups excluding carboxylic acids is 2. The van der Waals surface area contributed by atoms with E-state index in [1.807, 2.05) is 6.26 Å². The minimum atomic E-state index is -0.212. The predicted molar refractivity (Wildman–Crippen MR) is 98.8 cm³/mol. The first kappa shape index (κ1) is 18.6. The highest BCUT2D eigenvalue weighted by Gasteiger charge is 2.13. The summed E-state index contributed by atoms with van der Waals surface area (Å²) in [5, 5.41) is 3.42. The number of para-hydroxylation sites is 1. The Morgan fingerprint density at radius 2 is 1.83 bits per heavy atom. The van der Waals surface area contributed by atoms with Crippen LogP contribution in [0.15, 0.2) is 41.3 Å². The first-order valence-corrected chi connectivity index (χ1v) is 8.96. The summed E-state index contributed by atoms with van der Waals surface area (Å²) in [5.74, 6) is -0.0918. The molecule has 7 heteroatoms. The van der Waals surface area contributed by atoms with Crippen LogP contribution in [0.2, 0.25) is 10.0 Å². The van der Waals surface area contributed by atoms with E-state index in [1.54, 1.807) is 36.4 Å². The van der Waals surface area contributed by atoms with Gasteiger partial charge in [-0.25, -0.2) is 0 Å². The highest BCUT2D eigenvalue weighted by Crippen LogP contribution is 2.32. The SMILES string of the molecule is CSc1cc(C(=O)COc2c(Cl)cccc2Cl)ccc1NC(C)=O. The van der Waals surface area contributed by atoms with Gasteiger partial charge in [0, 0.05) is 17.4 Å².